The molecule has 0 rings (SSSR count). The van der Waals surface area contributed by atoms with E-state index in [-0.39, 0.29) is 18.8 Å². The van der Waals surface area contributed by atoms with Gasteiger partial charge in [-0.25, -0.2) is 0 Å². The van der Waals surface area contributed by atoms with E-state index in [9.17, 15) is 26.7 Å². The van der Waals surface area contributed by atoms with Crippen LogP contribution in [-0.4, -0.2) is 35.7 Å². The van der Waals surface area contributed by atoms with Crippen molar-refractivity contribution in [3.8, 4) is 0 Å². The zero-order valence-electron chi connectivity index (χ0n) is 11.4. The summed E-state index contributed by atoms with van der Waals surface area (Å²) in [7, 11) is 0. The second-order valence-electron chi connectivity index (χ2n) is 4.21. The first-order valence-electron chi connectivity index (χ1n) is 6.38. The molecule has 0 aliphatic rings. The van der Waals surface area contributed by atoms with Crippen molar-refractivity contribution >= 4 is 17.7 Å². The summed E-state index contributed by atoms with van der Waals surface area (Å²) >= 11 is 1.07. The van der Waals surface area contributed by atoms with E-state index in [0.29, 0.717) is 12.8 Å². The summed E-state index contributed by atoms with van der Waals surface area (Å²) in [6.45, 7) is 3.71. The lowest BCUT2D eigenvalue weighted by Crippen LogP contribution is -2.36. The van der Waals surface area contributed by atoms with Gasteiger partial charge in [0.25, 0.3) is 0 Å². The van der Waals surface area contributed by atoms with E-state index >= 15 is 0 Å². The van der Waals surface area contributed by atoms with Gasteiger partial charge in [-0.3, -0.25) is 4.79 Å². The summed E-state index contributed by atoms with van der Waals surface area (Å²) in [5.41, 5.74) is 0. The predicted octanol–water partition coefficient (Wildman–Crippen LogP) is 4.43. The molecule has 0 aromatic heterocycles. The van der Waals surface area contributed by atoms with Crippen LogP contribution in [0.1, 0.15) is 39.5 Å². The van der Waals surface area contributed by atoms with Gasteiger partial charge in [0, 0.05) is 6.42 Å². The van der Waals surface area contributed by atoms with Gasteiger partial charge in [0.05, 0.1) is 6.61 Å². The number of ether oxygens (including phenoxy) is 1. The smallest absolute Gasteiger partial charge is 0.453 e. The number of esters is 1. The molecule has 0 saturated heterocycles. The molecule has 0 saturated carbocycles. The van der Waals surface area contributed by atoms with Crippen LogP contribution in [0.3, 0.4) is 0 Å². The number of thioether (sulfide) groups is 1. The van der Waals surface area contributed by atoms with Crippen molar-refractivity contribution in [1.82, 2.24) is 0 Å². The summed E-state index contributed by atoms with van der Waals surface area (Å²) in [6, 6.07) is 0. The molecule has 8 heteroatoms. The topological polar surface area (TPSA) is 26.3 Å². The SMILES string of the molecule is CCCC(SCCCC(F)(F)C(F)(F)F)C(=O)OCC. The lowest BCUT2D eigenvalue weighted by molar-refractivity contribution is -0.284. The van der Waals surface area contributed by atoms with E-state index in [1.807, 2.05) is 6.92 Å². The average Bonchev–Trinajstić information content (AvgIpc) is 2.31. The van der Waals surface area contributed by atoms with Crippen molar-refractivity contribution in [1.29, 1.82) is 0 Å². The maximum absolute atomic E-state index is 12.7. The monoisotopic (exact) mass is 322 g/mol. The van der Waals surface area contributed by atoms with Gasteiger partial charge < -0.3 is 4.74 Å². The molecule has 0 fully saturated rings. The van der Waals surface area contributed by atoms with Crippen molar-refractivity contribution < 1.29 is 31.5 Å². The Hall–Kier alpha value is -0.530. The Balaban J connectivity index is 4.16. The largest absolute Gasteiger partial charge is 0.465 e. The molecule has 1 atom stereocenters. The molecule has 0 aliphatic heterocycles. The number of carbonyl (C=O) groups excluding carboxylic acids is 1. The number of hydrogen-bond donors (Lipinski definition) is 0. The Labute approximate surface area is 119 Å². The number of alkyl halides is 5. The molecule has 1 unspecified atom stereocenters. The molecule has 20 heavy (non-hydrogen) atoms. The lowest BCUT2D eigenvalue weighted by Gasteiger charge is -2.20. The zero-order valence-corrected chi connectivity index (χ0v) is 12.3. The Morgan fingerprint density at radius 2 is 1.80 bits per heavy atom. The van der Waals surface area contributed by atoms with Crippen molar-refractivity contribution in [2.24, 2.45) is 0 Å². The minimum atomic E-state index is -5.51. The number of rotatable bonds is 9. The fourth-order valence-corrected chi connectivity index (χ4v) is 2.63. The van der Waals surface area contributed by atoms with Crippen LogP contribution in [0, 0.1) is 0 Å². The summed E-state index contributed by atoms with van der Waals surface area (Å²) in [5, 5.41) is -0.501. The van der Waals surface area contributed by atoms with Crippen LogP contribution in [0.4, 0.5) is 22.0 Å². The maximum atomic E-state index is 12.7. The van der Waals surface area contributed by atoms with E-state index in [1.165, 1.54) is 0 Å². The van der Waals surface area contributed by atoms with Crippen LogP contribution in [-0.2, 0) is 9.53 Å². The molecular weight excluding hydrogens is 303 g/mol. The van der Waals surface area contributed by atoms with E-state index in [4.69, 9.17) is 4.74 Å². The van der Waals surface area contributed by atoms with E-state index in [1.54, 1.807) is 6.92 Å². The highest BCUT2D eigenvalue weighted by Gasteiger charge is 2.56. The van der Waals surface area contributed by atoms with Crippen molar-refractivity contribution in [3.05, 3.63) is 0 Å². The van der Waals surface area contributed by atoms with Crippen molar-refractivity contribution in [2.45, 2.75) is 56.9 Å². The highest BCUT2D eigenvalue weighted by atomic mass is 32.2. The van der Waals surface area contributed by atoms with Crippen LogP contribution in [0.2, 0.25) is 0 Å². The van der Waals surface area contributed by atoms with Gasteiger partial charge in [-0.05, 0) is 25.5 Å². The molecule has 0 amide bonds. The third-order valence-corrected chi connectivity index (χ3v) is 3.82. The van der Waals surface area contributed by atoms with Crippen LogP contribution in [0.5, 0.6) is 0 Å². The summed E-state index contributed by atoms with van der Waals surface area (Å²) in [5.74, 6) is -5.05. The summed E-state index contributed by atoms with van der Waals surface area (Å²) in [4.78, 5) is 11.5. The first kappa shape index (κ1) is 19.5. The first-order chi connectivity index (χ1) is 9.15. The molecule has 0 aliphatic carbocycles. The molecule has 0 spiro atoms. The van der Waals surface area contributed by atoms with Crippen LogP contribution in [0.15, 0.2) is 0 Å². The minimum absolute atomic E-state index is 0.0646. The first-order valence-corrected chi connectivity index (χ1v) is 7.43. The van der Waals surface area contributed by atoms with Gasteiger partial charge >= 0.3 is 18.1 Å². The van der Waals surface area contributed by atoms with Crippen LogP contribution < -0.4 is 0 Å². The second-order valence-corrected chi connectivity index (χ2v) is 5.52. The van der Waals surface area contributed by atoms with Gasteiger partial charge in [0.1, 0.15) is 5.25 Å². The number of halogens is 5. The molecular formula is C12H19F5O2S. The fourth-order valence-electron chi connectivity index (χ4n) is 1.43. The third-order valence-electron chi connectivity index (χ3n) is 2.47. The van der Waals surface area contributed by atoms with Crippen molar-refractivity contribution in [2.75, 3.05) is 12.4 Å². The average molecular weight is 322 g/mol. The van der Waals surface area contributed by atoms with Crippen LogP contribution in [0.25, 0.3) is 0 Å². The van der Waals surface area contributed by atoms with E-state index < -0.39 is 29.7 Å². The van der Waals surface area contributed by atoms with Gasteiger partial charge in [-0.1, -0.05) is 13.3 Å². The van der Waals surface area contributed by atoms with Crippen LogP contribution >= 0.6 is 11.8 Å². The Kier molecular flexibility index (Phi) is 8.46. The number of carbonyl (C=O) groups is 1. The molecule has 0 aromatic rings. The summed E-state index contributed by atoms with van der Waals surface area (Å²) in [6.07, 6.45) is -5.86. The minimum Gasteiger partial charge on any atom is -0.465 e. The normalized spacial score (nSPS) is 14.2. The predicted molar refractivity (Wildman–Crippen MR) is 68.0 cm³/mol. The molecule has 120 valence electrons. The Bertz CT molecular complexity index is 294. The van der Waals surface area contributed by atoms with E-state index in [0.717, 1.165) is 11.8 Å². The zero-order chi connectivity index (χ0) is 15.8. The van der Waals surface area contributed by atoms with Gasteiger partial charge in [-0.15, -0.1) is 11.8 Å². The molecule has 0 aromatic carbocycles. The fraction of sp³-hybridized carbons (Fsp3) is 0.917. The number of hydrogen-bond acceptors (Lipinski definition) is 3. The Morgan fingerprint density at radius 3 is 2.25 bits per heavy atom. The third kappa shape index (κ3) is 6.76. The Morgan fingerprint density at radius 1 is 1.20 bits per heavy atom. The van der Waals surface area contributed by atoms with Gasteiger partial charge in [-0.2, -0.15) is 22.0 Å². The molecule has 2 nitrogen and oxygen atoms in total. The highest BCUT2D eigenvalue weighted by molar-refractivity contribution is 8.00. The lowest BCUT2D eigenvalue weighted by atomic mass is 10.2. The van der Waals surface area contributed by atoms with Gasteiger partial charge in [0.15, 0.2) is 0 Å². The molecule has 0 radical (unpaired) electrons. The summed E-state index contributed by atoms with van der Waals surface area (Å²) < 4.78 is 65.9. The maximum Gasteiger partial charge on any atom is 0.453 e. The van der Waals surface area contributed by atoms with Crippen molar-refractivity contribution in [3.63, 3.8) is 0 Å². The molecule has 0 bridgehead atoms. The highest BCUT2D eigenvalue weighted by Crippen LogP contribution is 2.39. The standard InChI is InChI=1S/C12H19F5O2S/c1-3-6-9(10(18)19-4-2)20-8-5-7-11(13,14)12(15,16)17/h9H,3-8H2,1-2H3. The quantitative estimate of drug-likeness (QED) is 0.357. The molecule has 0 N–H and O–H groups in total. The molecule has 0 heterocycles. The van der Waals surface area contributed by atoms with Gasteiger partial charge in [0.2, 0.25) is 0 Å². The second kappa shape index (κ2) is 8.69. The van der Waals surface area contributed by atoms with E-state index in [2.05, 4.69) is 0 Å².